The average Bonchev–Trinajstić information content (AvgIpc) is 2.53. The Morgan fingerprint density at radius 2 is 2.36 bits per heavy atom. The lowest BCUT2D eigenvalue weighted by Gasteiger charge is -2.29. The lowest BCUT2D eigenvalue weighted by molar-refractivity contribution is -0.143. The molecule has 3 heteroatoms. The molecule has 0 bridgehead atoms. The first-order valence-corrected chi connectivity index (χ1v) is 4.14. The number of carbonyl (C=O) groups excluding carboxylic acids is 1. The lowest BCUT2D eigenvalue weighted by atomic mass is 10.1. The molecule has 62 valence electrons. The molecule has 1 atom stereocenters. The number of amides is 1. The van der Waals surface area contributed by atoms with Crippen LogP contribution in [0.1, 0.15) is 25.7 Å². The molecule has 0 aromatic carbocycles. The summed E-state index contributed by atoms with van der Waals surface area (Å²) in [5, 5.41) is 0. The smallest absolute Gasteiger partial charge is 0.224 e. The molecule has 0 aromatic rings. The Morgan fingerprint density at radius 1 is 1.55 bits per heavy atom. The Balaban J connectivity index is 2.25. The first-order chi connectivity index (χ1) is 5.28. The van der Waals surface area contributed by atoms with Gasteiger partial charge in [0.25, 0.3) is 0 Å². The van der Waals surface area contributed by atoms with Gasteiger partial charge in [-0.1, -0.05) is 0 Å². The molecule has 1 amide bonds. The van der Waals surface area contributed by atoms with E-state index in [1.54, 1.807) is 7.11 Å². The number of hydrogen-bond acceptors (Lipinski definition) is 2. The summed E-state index contributed by atoms with van der Waals surface area (Å²) in [6.07, 6.45) is 3.69. The van der Waals surface area contributed by atoms with Gasteiger partial charge in [-0.25, -0.2) is 0 Å². The van der Waals surface area contributed by atoms with E-state index in [0.717, 1.165) is 25.8 Å². The van der Waals surface area contributed by atoms with Crippen molar-refractivity contribution in [3.05, 3.63) is 0 Å². The van der Waals surface area contributed by atoms with E-state index < -0.39 is 0 Å². The molecule has 0 aliphatic carbocycles. The Labute approximate surface area is 66.3 Å². The Morgan fingerprint density at radius 3 is 3.00 bits per heavy atom. The molecule has 2 saturated heterocycles. The molecule has 2 fully saturated rings. The van der Waals surface area contributed by atoms with Gasteiger partial charge in [-0.3, -0.25) is 4.79 Å². The monoisotopic (exact) mass is 155 g/mol. The van der Waals surface area contributed by atoms with E-state index in [1.807, 2.05) is 4.90 Å². The van der Waals surface area contributed by atoms with Gasteiger partial charge >= 0.3 is 0 Å². The van der Waals surface area contributed by atoms with Crippen LogP contribution in [-0.2, 0) is 9.53 Å². The summed E-state index contributed by atoms with van der Waals surface area (Å²) >= 11 is 0. The summed E-state index contributed by atoms with van der Waals surface area (Å²) in [5.74, 6) is 0.268. The van der Waals surface area contributed by atoms with E-state index in [0.29, 0.717) is 6.42 Å². The van der Waals surface area contributed by atoms with Crippen LogP contribution in [0.4, 0.5) is 0 Å². The van der Waals surface area contributed by atoms with Crippen LogP contribution in [0.2, 0.25) is 0 Å². The van der Waals surface area contributed by atoms with E-state index in [1.165, 1.54) is 0 Å². The van der Waals surface area contributed by atoms with Gasteiger partial charge < -0.3 is 9.64 Å². The molecule has 0 N–H and O–H groups in total. The zero-order valence-corrected chi connectivity index (χ0v) is 6.80. The third-order valence-corrected chi connectivity index (χ3v) is 2.85. The molecule has 2 aliphatic heterocycles. The summed E-state index contributed by atoms with van der Waals surface area (Å²) in [6, 6.07) is 0. The van der Waals surface area contributed by atoms with Gasteiger partial charge in [-0.15, -0.1) is 0 Å². The van der Waals surface area contributed by atoms with Crippen molar-refractivity contribution in [2.45, 2.75) is 31.4 Å². The number of carbonyl (C=O) groups is 1. The molecule has 0 unspecified atom stereocenters. The highest BCUT2D eigenvalue weighted by Gasteiger charge is 2.48. The quantitative estimate of drug-likeness (QED) is 0.559. The number of hydrogen-bond donors (Lipinski definition) is 0. The molecular formula is C8H13NO2. The number of methoxy groups -OCH3 is 1. The standard InChI is InChI=1S/C8H13NO2/c1-11-8-4-2-6-9(8)7(10)3-5-8/h2-6H2,1H3/t8-/m1/s1. The first-order valence-electron chi connectivity index (χ1n) is 4.14. The minimum Gasteiger partial charge on any atom is -0.359 e. The minimum absolute atomic E-state index is 0.197. The zero-order chi connectivity index (χ0) is 7.90. The second-order valence-electron chi connectivity index (χ2n) is 3.30. The van der Waals surface area contributed by atoms with Crippen LogP contribution in [-0.4, -0.2) is 30.2 Å². The molecule has 11 heavy (non-hydrogen) atoms. The average molecular weight is 155 g/mol. The van der Waals surface area contributed by atoms with Crippen molar-refractivity contribution in [1.29, 1.82) is 0 Å². The largest absolute Gasteiger partial charge is 0.359 e. The Hall–Kier alpha value is -0.570. The highest BCUT2D eigenvalue weighted by Crippen LogP contribution is 2.39. The molecule has 0 radical (unpaired) electrons. The van der Waals surface area contributed by atoms with Gasteiger partial charge in [0.05, 0.1) is 0 Å². The van der Waals surface area contributed by atoms with E-state index in [4.69, 9.17) is 4.74 Å². The molecular weight excluding hydrogens is 142 g/mol. The second-order valence-corrected chi connectivity index (χ2v) is 3.30. The molecule has 2 rings (SSSR count). The normalized spacial score (nSPS) is 36.5. The summed E-state index contributed by atoms with van der Waals surface area (Å²) < 4.78 is 5.40. The van der Waals surface area contributed by atoms with E-state index in [2.05, 4.69) is 0 Å². The van der Waals surface area contributed by atoms with Crippen molar-refractivity contribution >= 4 is 5.91 Å². The highest BCUT2D eigenvalue weighted by atomic mass is 16.5. The number of fused-ring (bicyclic) bond motifs is 1. The fourth-order valence-corrected chi connectivity index (χ4v) is 2.22. The van der Waals surface area contributed by atoms with Gasteiger partial charge in [-0.05, 0) is 12.8 Å². The summed E-state index contributed by atoms with van der Waals surface area (Å²) in [6.45, 7) is 0.896. The fraction of sp³-hybridized carbons (Fsp3) is 0.875. The van der Waals surface area contributed by atoms with Crippen molar-refractivity contribution in [1.82, 2.24) is 4.90 Å². The Bertz CT molecular complexity index is 193. The predicted octanol–water partition coefficient (Wildman–Crippen LogP) is 0.745. The molecule has 0 saturated carbocycles. The van der Waals surface area contributed by atoms with Crippen LogP contribution in [0.5, 0.6) is 0 Å². The number of rotatable bonds is 1. The van der Waals surface area contributed by atoms with Crippen molar-refractivity contribution in [2.24, 2.45) is 0 Å². The fourth-order valence-electron chi connectivity index (χ4n) is 2.22. The molecule has 0 spiro atoms. The van der Waals surface area contributed by atoms with E-state index >= 15 is 0 Å². The van der Waals surface area contributed by atoms with E-state index in [-0.39, 0.29) is 11.6 Å². The summed E-state index contributed by atoms with van der Waals surface area (Å²) in [7, 11) is 1.71. The van der Waals surface area contributed by atoms with Gasteiger partial charge in [0.2, 0.25) is 5.91 Å². The van der Waals surface area contributed by atoms with Crippen LogP contribution >= 0.6 is 0 Å². The van der Waals surface area contributed by atoms with Crippen LogP contribution in [0, 0.1) is 0 Å². The maximum atomic E-state index is 11.3. The van der Waals surface area contributed by atoms with Crippen molar-refractivity contribution in [3.63, 3.8) is 0 Å². The van der Waals surface area contributed by atoms with Crippen LogP contribution in [0.25, 0.3) is 0 Å². The predicted molar refractivity (Wildman–Crippen MR) is 39.9 cm³/mol. The zero-order valence-electron chi connectivity index (χ0n) is 6.80. The molecule has 2 aliphatic rings. The summed E-state index contributed by atoms with van der Waals surface area (Å²) in [4.78, 5) is 13.2. The number of nitrogens with zero attached hydrogens (tertiary/aromatic N) is 1. The second kappa shape index (κ2) is 2.21. The SMILES string of the molecule is CO[C@@]12CCCN1C(=O)CC2. The van der Waals surface area contributed by atoms with Gasteiger partial charge in [0.15, 0.2) is 0 Å². The van der Waals surface area contributed by atoms with Gasteiger partial charge in [0, 0.05) is 26.5 Å². The van der Waals surface area contributed by atoms with Crippen LogP contribution in [0.3, 0.4) is 0 Å². The summed E-state index contributed by atoms with van der Waals surface area (Å²) in [5.41, 5.74) is -0.197. The topological polar surface area (TPSA) is 29.5 Å². The Kier molecular flexibility index (Phi) is 1.42. The molecule has 0 aromatic heterocycles. The van der Waals surface area contributed by atoms with Gasteiger partial charge in [-0.2, -0.15) is 0 Å². The number of ether oxygens (including phenoxy) is 1. The highest BCUT2D eigenvalue weighted by molar-refractivity contribution is 5.79. The lowest BCUT2D eigenvalue weighted by Crippen LogP contribution is -2.41. The van der Waals surface area contributed by atoms with Crippen LogP contribution in [0.15, 0.2) is 0 Å². The maximum Gasteiger partial charge on any atom is 0.224 e. The van der Waals surface area contributed by atoms with Crippen molar-refractivity contribution < 1.29 is 9.53 Å². The maximum absolute atomic E-state index is 11.3. The molecule has 3 nitrogen and oxygen atoms in total. The third kappa shape index (κ3) is 0.805. The first kappa shape index (κ1) is 7.10. The van der Waals surface area contributed by atoms with Crippen molar-refractivity contribution in [3.8, 4) is 0 Å². The van der Waals surface area contributed by atoms with E-state index in [9.17, 15) is 4.79 Å². The van der Waals surface area contributed by atoms with Gasteiger partial charge in [0.1, 0.15) is 5.72 Å². The third-order valence-electron chi connectivity index (χ3n) is 2.85. The minimum atomic E-state index is -0.197. The van der Waals surface area contributed by atoms with Crippen LogP contribution < -0.4 is 0 Å². The molecule has 2 heterocycles. The van der Waals surface area contributed by atoms with Crippen molar-refractivity contribution in [2.75, 3.05) is 13.7 Å².